The van der Waals surface area contributed by atoms with Crippen LogP contribution in [0.25, 0.3) is 10.2 Å². The Morgan fingerprint density at radius 3 is 2.95 bits per heavy atom. The first-order chi connectivity index (χ1) is 9.63. The third kappa shape index (κ3) is 2.59. The number of hydrogen-bond donors (Lipinski definition) is 0. The summed E-state index contributed by atoms with van der Waals surface area (Å²) < 4.78 is 18.6. The van der Waals surface area contributed by atoms with Crippen LogP contribution in [0, 0.1) is 12.7 Å². The Kier molecular flexibility index (Phi) is 3.54. The molecule has 0 bridgehead atoms. The summed E-state index contributed by atoms with van der Waals surface area (Å²) in [6.07, 6.45) is 0. The summed E-state index contributed by atoms with van der Waals surface area (Å²) in [4.78, 5) is 9.41. The number of rotatable bonds is 3. The van der Waals surface area contributed by atoms with Crippen LogP contribution in [-0.4, -0.2) is 9.97 Å². The molecule has 0 saturated heterocycles. The maximum Gasteiger partial charge on any atom is 0.169 e. The van der Waals surface area contributed by atoms with Crippen molar-refractivity contribution in [2.24, 2.45) is 0 Å². The molecule has 0 saturated carbocycles. The van der Waals surface area contributed by atoms with Crippen LogP contribution < -0.4 is 4.74 Å². The number of fused-ring (bicyclic) bond motifs is 1. The van der Waals surface area contributed by atoms with Crippen LogP contribution in [0.2, 0.25) is 5.15 Å². The number of halogens is 2. The van der Waals surface area contributed by atoms with E-state index in [1.165, 1.54) is 23.5 Å². The Balaban J connectivity index is 1.82. The molecular formula is C14H10ClFN2OS. The minimum atomic E-state index is -0.283. The molecule has 20 heavy (non-hydrogen) atoms. The van der Waals surface area contributed by atoms with Crippen LogP contribution >= 0.6 is 22.9 Å². The van der Waals surface area contributed by atoms with E-state index in [9.17, 15) is 4.39 Å². The molecule has 3 rings (SSSR count). The van der Waals surface area contributed by atoms with E-state index < -0.39 is 0 Å². The van der Waals surface area contributed by atoms with Crippen molar-refractivity contribution >= 4 is 33.2 Å². The number of ether oxygens (including phenoxy) is 1. The van der Waals surface area contributed by atoms with Gasteiger partial charge in [-0.2, -0.15) is 0 Å². The zero-order chi connectivity index (χ0) is 14.1. The monoisotopic (exact) mass is 308 g/mol. The fourth-order valence-electron chi connectivity index (χ4n) is 1.84. The van der Waals surface area contributed by atoms with Crippen molar-refractivity contribution < 1.29 is 9.13 Å². The fraction of sp³-hybridized carbons (Fsp3) is 0.143. The first-order valence-electron chi connectivity index (χ1n) is 5.92. The van der Waals surface area contributed by atoms with Gasteiger partial charge >= 0.3 is 0 Å². The highest BCUT2D eigenvalue weighted by Gasteiger charge is 2.08. The quantitative estimate of drug-likeness (QED) is 0.674. The second-order valence-corrected chi connectivity index (χ2v) is 5.52. The lowest BCUT2D eigenvalue weighted by Crippen LogP contribution is -2.02. The normalized spacial score (nSPS) is 10.9. The van der Waals surface area contributed by atoms with Gasteiger partial charge in [0.2, 0.25) is 0 Å². The van der Waals surface area contributed by atoms with Gasteiger partial charge in [-0.05, 0) is 42.1 Å². The number of aromatic nitrogens is 2. The van der Waals surface area contributed by atoms with E-state index in [1.54, 1.807) is 13.0 Å². The summed E-state index contributed by atoms with van der Waals surface area (Å²) in [6.45, 7) is 1.98. The molecule has 0 aliphatic rings. The molecule has 0 N–H and O–H groups in total. The Bertz CT molecular complexity index is 775. The first-order valence-corrected chi connectivity index (χ1v) is 7.18. The lowest BCUT2D eigenvalue weighted by atomic mass is 10.2. The molecule has 1 aromatic carbocycles. The van der Waals surface area contributed by atoms with E-state index in [1.807, 2.05) is 11.4 Å². The molecule has 0 spiro atoms. The predicted octanol–water partition coefficient (Wildman–Crippen LogP) is 4.37. The predicted molar refractivity (Wildman–Crippen MR) is 77.9 cm³/mol. The topological polar surface area (TPSA) is 35.0 Å². The minimum Gasteiger partial charge on any atom is -0.485 e. The average molecular weight is 309 g/mol. The largest absolute Gasteiger partial charge is 0.485 e. The summed E-state index contributed by atoms with van der Waals surface area (Å²) in [5, 5.41) is 3.18. The molecule has 0 amide bonds. The maximum atomic E-state index is 13.0. The average Bonchev–Trinajstić information content (AvgIpc) is 2.86. The number of benzene rings is 1. The van der Waals surface area contributed by atoms with Crippen LogP contribution in [0.3, 0.4) is 0 Å². The Hall–Kier alpha value is -1.72. The lowest BCUT2D eigenvalue weighted by Gasteiger charge is -2.08. The number of aryl methyl sites for hydroxylation is 1. The molecule has 2 aromatic heterocycles. The van der Waals surface area contributed by atoms with E-state index >= 15 is 0 Å². The number of nitrogens with zero attached hydrogens (tertiary/aromatic N) is 2. The van der Waals surface area contributed by atoms with Gasteiger partial charge in [0.25, 0.3) is 0 Å². The van der Waals surface area contributed by atoms with Crippen molar-refractivity contribution in [3.63, 3.8) is 0 Å². The summed E-state index contributed by atoms with van der Waals surface area (Å²) in [5.74, 6) is 0.834. The van der Waals surface area contributed by atoms with Crippen molar-refractivity contribution in [2.75, 3.05) is 0 Å². The van der Waals surface area contributed by atoms with Crippen molar-refractivity contribution in [3.8, 4) is 5.75 Å². The molecule has 0 aliphatic heterocycles. The Morgan fingerprint density at radius 2 is 2.15 bits per heavy atom. The minimum absolute atomic E-state index is 0.194. The van der Waals surface area contributed by atoms with Gasteiger partial charge in [-0.3, -0.25) is 0 Å². The van der Waals surface area contributed by atoms with Gasteiger partial charge in [-0.1, -0.05) is 11.6 Å². The second-order valence-electron chi connectivity index (χ2n) is 4.27. The molecule has 0 aliphatic carbocycles. The summed E-state index contributed by atoms with van der Waals surface area (Å²) in [7, 11) is 0. The molecule has 102 valence electrons. The molecule has 3 nitrogen and oxygen atoms in total. The molecule has 0 fully saturated rings. The summed E-state index contributed by atoms with van der Waals surface area (Å²) in [6, 6.07) is 6.26. The molecule has 0 unspecified atom stereocenters. The third-order valence-corrected chi connectivity index (χ3v) is 3.91. The summed E-state index contributed by atoms with van der Waals surface area (Å²) >= 11 is 7.59. The smallest absolute Gasteiger partial charge is 0.169 e. The zero-order valence-corrected chi connectivity index (χ0v) is 12.1. The molecule has 6 heteroatoms. The van der Waals surface area contributed by atoms with E-state index in [-0.39, 0.29) is 12.4 Å². The fourth-order valence-corrected chi connectivity index (χ4v) is 2.93. The molecule has 0 atom stereocenters. The molecule has 2 heterocycles. The zero-order valence-electron chi connectivity index (χ0n) is 10.6. The van der Waals surface area contributed by atoms with Crippen molar-refractivity contribution in [1.82, 2.24) is 9.97 Å². The van der Waals surface area contributed by atoms with Gasteiger partial charge in [0.05, 0.1) is 0 Å². The third-order valence-electron chi connectivity index (χ3n) is 2.82. The molecule has 0 radical (unpaired) electrons. The van der Waals surface area contributed by atoms with Crippen LogP contribution in [0.15, 0.2) is 29.6 Å². The van der Waals surface area contributed by atoms with Crippen LogP contribution in [-0.2, 0) is 6.61 Å². The standard InChI is InChI=1S/C14H10ClFN2OS/c1-8-6-9(16)2-3-11(8)19-7-12-17-13(15)10-4-5-20-14(10)18-12/h2-6H,7H2,1H3. The Morgan fingerprint density at radius 1 is 1.30 bits per heavy atom. The van der Waals surface area contributed by atoms with Crippen molar-refractivity contribution in [1.29, 1.82) is 0 Å². The van der Waals surface area contributed by atoms with E-state index in [2.05, 4.69) is 9.97 Å². The SMILES string of the molecule is Cc1cc(F)ccc1OCc1nc(Cl)c2ccsc2n1. The van der Waals surface area contributed by atoms with Gasteiger partial charge < -0.3 is 4.74 Å². The van der Waals surface area contributed by atoms with Crippen molar-refractivity contribution in [2.45, 2.75) is 13.5 Å². The number of hydrogen-bond acceptors (Lipinski definition) is 4. The maximum absolute atomic E-state index is 13.0. The van der Waals surface area contributed by atoms with Gasteiger partial charge in [0, 0.05) is 5.39 Å². The van der Waals surface area contributed by atoms with Gasteiger partial charge in [0.1, 0.15) is 28.2 Å². The molecule has 3 aromatic rings. The second kappa shape index (κ2) is 5.34. The van der Waals surface area contributed by atoms with Crippen LogP contribution in [0.1, 0.15) is 11.4 Å². The first kappa shape index (κ1) is 13.3. The Labute approximate surface area is 124 Å². The van der Waals surface area contributed by atoms with E-state index in [0.29, 0.717) is 16.7 Å². The van der Waals surface area contributed by atoms with Crippen LogP contribution in [0.5, 0.6) is 5.75 Å². The van der Waals surface area contributed by atoms with Gasteiger partial charge in [-0.15, -0.1) is 11.3 Å². The molecular weight excluding hydrogens is 299 g/mol. The number of thiophene rings is 1. The van der Waals surface area contributed by atoms with Crippen LogP contribution in [0.4, 0.5) is 4.39 Å². The van der Waals surface area contributed by atoms with E-state index in [0.717, 1.165) is 15.8 Å². The highest BCUT2D eigenvalue weighted by atomic mass is 35.5. The lowest BCUT2D eigenvalue weighted by molar-refractivity contribution is 0.294. The van der Waals surface area contributed by atoms with E-state index in [4.69, 9.17) is 16.3 Å². The highest BCUT2D eigenvalue weighted by Crippen LogP contribution is 2.25. The van der Waals surface area contributed by atoms with Gasteiger partial charge in [0.15, 0.2) is 5.82 Å². The summed E-state index contributed by atoms with van der Waals surface area (Å²) in [5.41, 5.74) is 0.730. The van der Waals surface area contributed by atoms with Gasteiger partial charge in [-0.25, -0.2) is 14.4 Å². The highest BCUT2D eigenvalue weighted by molar-refractivity contribution is 7.16. The van der Waals surface area contributed by atoms with Crippen molar-refractivity contribution in [3.05, 3.63) is 52.0 Å².